The minimum Gasteiger partial charge on any atom is -0.435 e. The highest BCUT2D eigenvalue weighted by molar-refractivity contribution is 5.35. The molecule has 0 spiro atoms. The van der Waals surface area contributed by atoms with Crippen molar-refractivity contribution in [1.82, 2.24) is 0 Å². The van der Waals surface area contributed by atoms with Crippen LogP contribution in [0.25, 0.3) is 0 Å². The van der Waals surface area contributed by atoms with Crippen LogP contribution < -0.4 is 4.74 Å². The van der Waals surface area contributed by atoms with Gasteiger partial charge >= 0.3 is 6.61 Å². The molecule has 1 fully saturated rings. The number of rotatable bonds is 4. The molecule has 1 saturated carbocycles. The maximum atomic E-state index is 12.1. The van der Waals surface area contributed by atoms with Crippen LogP contribution in [0.1, 0.15) is 24.8 Å². The first-order valence-electron chi connectivity index (χ1n) is 5.32. The molecule has 1 aromatic carbocycles. The van der Waals surface area contributed by atoms with Crippen molar-refractivity contribution in [2.45, 2.75) is 31.3 Å². The van der Waals surface area contributed by atoms with Crippen molar-refractivity contribution in [3.05, 3.63) is 29.8 Å². The molecule has 0 radical (unpaired) electrons. The van der Waals surface area contributed by atoms with Gasteiger partial charge < -0.3 is 9.84 Å². The lowest BCUT2D eigenvalue weighted by molar-refractivity contribution is -0.0500. The Hall–Kier alpha value is -1.16. The SMILES string of the molecule is OCC1(c2cccc(OC(F)F)c2)CCC1. The number of aliphatic hydroxyl groups is 1. The second-order valence-electron chi connectivity index (χ2n) is 4.20. The fourth-order valence-corrected chi connectivity index (χ4v) is 2.14. The van der Waals surface area contributed by atoms with Gasteiger partial charge in [-0.15, -0.1) is 0 Å². The normalized spacial score (nSPS) is 18.2. The van der Waals surface area contributed by atoms with E-state index in [1.54, 1.807) is 12.1 Å². The summed E-state index contributed by atoms with van der Waals surface area (Å²) >= 11 is 0. The van der Waals surface area contributed by atoms with E-state index in [1.807, 2.05) is 6.07 Å². The van der Waals surface area contributed by atoms with Gasteiger partial charge in [0.25, 0.3) is 0 Å². The Morgan fingerprint density at radius 1 is 1.38 bits per heavy atom. The number of halogens is 2. The number of benzene rings is 1. The van der Waals surface area contributed by atoms with E-state index in [0.717, 1.165) is 24.8 Å². The van der Waals surface area contributed by atoms with Crippen LogP contribution in [0, 0.1) is 0 Å². The molecule has 1 aliphatic rings. The molecule has 2 nitrogen and oxygen atoms in total. The third-order valence-corrected chi connectivity index (χ3v) is 3.28. The van der Waals surface area contributed by atoms with Gasteiger partial charge in [-0.3, -0.25) is 0 Å². The monoisotopic (exact) mass is 228 g/mol. The third kappa shape index (κ3) is 2.02. The first-order valence-corrected chi connectivity index (χ1v) is 5.32. The minimum atomic E-state index is -2.80. The summed E-state index contributed by atoms with van der Waals surface area (Å²) in [5, 5.41) is 9.37. The van der Waals surface area contributed by atoms with Crippen molar-refractivity contribution >= 4 is 0 Å². The molecular formula is C12H14F2O2. The second-order valence-corrected chi connectivity index (χ2v) is 4.20. The summed E-state index contributed by atoms with van der Waals surface area (Å²) < 4.78 is 28.5. The van der Waals surface area contributed by atoms with Gasteiger partial charge in [-0.05, 0) is 30.5 Å². The fourth-order valence-electron chi connectivity index (χ4n) is 2.14. The molecule has 88 valence electrons. The molecule has 0 amide bonds. The molecule has 2 rings (SSSR count). The van der Waals surface area contributed by atoms with Crippen molar-refractivity contribution in [3.63, 3.8) is 0 Å². The number of aliphatic hydroxyl groups excluding tert-OH is 1. The lowest BCUT2D eigenvalue weighted by Crippen LogP contribution is -2.37. The lowest BCUT2D eigenvalue weighted by atomic mass is 9.65. The van der Waals surface area contributed by atoms with Crippen LogP contribution >= 0.6 is 0 Å². The topological polar surface area (TPSA) is 29.5 Å². The van der Waals surface area contributed by atoms with Crippen LogP contribution in [0.15, 0.2) is 24.3 Å². The lowest BCUT2D eigenvalue weighted by Gasteiger charge is -2.40. The number of alkyl halides is 2. The summed E-state index contributed by atoms with van der Waals surface area (Å²) in [6.45, 7) is -2.74. The quantitative estimate of drug-likeness (QED) is 0.858. The Morgan fingerprint density at radius 3 is 2.62 bits per heavy atom. The molecule has 1 N–H and O–H groups in total. The first-order chi connectivity index (χ1) is 7.66. The zero-order valence-corrected chi connectivity index (χ0v) is 8.83. The van der Waals surface area contributed by atoms with Crippen LogP contribution in [0.5, 0.6) is 5.75 Å². The van der Waals surface area contributed by atoms with Crippen LogP contribution in [-0.2, 0) is 5.41 Å². The van der Waals surface area contributed by atoms with Crippen LogP contribution in [0.4, 0.5) is 8.78 Å². The molecule has 0 bridgehead atoms. The highest BCUT2D eigenvalue weighted by Crippen LogP contribution is 2.44. The molecule has 1 aliphatic carbocycles. The van der Waals surface area contributed by atoms with E-state index in [0.29, 0.717) is 0 Å². The zero-order chi connectivity index (χ0) is 11.6. The first kappa shape index (κ1) is 11.3. The Balaban J connectivity index is 2.21. The minimum absolute atomic E-state index is 0.0606. The van der Waals surface area contributed by atoms with Gasteiger partial charge in [0.2, 0.25) is 0 Å². The molecule has 0 saturated heterocycles. The van der Waals surface area contributed by atoms with Gasteiger partial charge in [-0.2, -0.15) is 8.78 Å². The third-order valence-electron chi connectivity index (χ3n) is 3.28. The van der Waals surface area contributed by atoms with Gasteiger partial charge in [0, 0.05) is 5.41 Å². The van der Waals surface area contributed by atoms with Crippen LogP contribution in [0.2, 0.25) is 0 Å². The van der Waals surface area contributed by atoms with Crippen molar-refractivity contribution in [1.29, 1.82) is 0 Å². The van der Waals surface area contributed by atoms with Crippen LogP contribution in [0.3, 0.4) is 0 Å². The zero-order valence-electron chi connectivity index (χ0n) is 8.83. The van der Waals surface area contributed by atoms with Crippen molar-refractivity contribution in [3.8, 4) is 5.75 Å². The maximum Gasteiger partial charge on any atom is 0.387 e. The molecule has 16 heavy (non-hydrogen) atoms. The number of hydrogen-bond donors (Lipinski definition) is 1. The molecule has 0 heterocycles. The van der Waals surface area contributed by atoms with E-state index >= 15 is 0 Å². The Bertz CT molecular complexity index is 356. The second kappa shape index (κ2) is 4.37. The van der Waals surface area contributed by atoms with Gasteiger partial charge in [-0.1, -0.05) is 18.6 Å². The molecule has 0 aromatic heterocycles. The summed E-state index contributed by atoms with van der Waals surface area (Å²) in [7, 11) is 0. The average molecular weight is 228 g/mol. The summed E-state index contributed by atoms with van der Waals surface area (Å²) in [6.07, 6.45) is 2.88. The molecule has 1 aromatic rings. The molecule has 0 atom stereocenters. The predicted octanol–water partition coefficient (Wildman–Crippen LogP) is 2.70. The standard InChI is InChI=1S/C12H14F2O2/c13-11(14)16-10-4-1-3-9(7-10)12(8-15)5-2-6-12/h1,3-4,7,11,15H,2,5-6,8H2. The van der Waals surface area contributed by atoms with E-state index < -0.39 is 6.61 Å². The van der Waals surface area contributed by atoms with Crippen LogP contribution in [-0.4, -0.2) is 18.3 Å². The van der Waals surface area contributed by atoms with Gasteiger partial charge in [0.15, 0.2) is 0 Å². The molecule has 4 heteroatoms. The number of ether oxygens (including phenoxy) is 1. The Kier molecular flexibility index (Phi) is 3.10. The Labute approximate surface area is 92.9 Å². The summed E-state index contributed by atoms with van der Waals surface area (Å²) in [5.41, 5.74) is 0.654. The van der Waals surface area contributed by atoms with E-state index in [9.17, 15) is 13.9 Å². The fraction of sp³-hybridized carbons (Fsp3) is 0.500. The van der Waals surface area contributed by atoms with E-state index in [4.69, 9.17) is 0 Å². The smallest absolute Gasteiger partial charge is 0.387 e. The van der Waals surface area contributed by atoms with Gasteiger partial charge in [0.1, 0.15) is 5.75 Å². The van der Waals surface area contributed by atoms with E-state index in [-0.39, 0.29) is 17.8 Å². The summed E-state index contributed by atoms with van der Waals surface area (Å²) in [4.78, 5) is 0. The molecular weight excluding hydrogens is 214 g/mol. The van der Waals surface area contributed by atoms with Crippen molar-refractivity contribution in [2.75, 3.05) is 6.61 Å². The van der Waals surface area contributed by atoms with Crippen molar-refractivity contribution in [2.24, 2.45) is 0 Å². The average Bonchev–Trinajstić information content (AvgIpc) is 2.16. The molecule has 0 unspecified atom stereocenters. The van der Waals surface area contributed by atoms with Gasteiger partial charge in [0.05, 0.1) is 6.61 Å². The highest BCUT2D eigenvalue weighted by Gasteiger charge is 2.38. The summed E-state index contributed by atoms with van der Waals surface area (Å²) in [5.74, 6) is 0.159. The van der Waals surface area contributed by atoms with E-state index in [2.05, 4.69) is 4.74 Å². The molecule has 0 aliphatic heterocycles. The predicted molar refractivity (Wildman–Crippen MR) is 55.7 cm³/mol. The summed E-state index contributed by atoms with van der Waals surface area (Å²) in [6, 6.07) is 6.64. The van der Waals surface area contributed by atoms with Gasteiger partial charge in [-0.25, -0.2) is 0 Å². The largest absolute Gasteiger partial charge is 0.435 e. The van der Waals surface area contributed by atoms with Crippen molar-refractivity contribution < 1.29 is 18.6 Å². The number of hydrogen-bond acceptors (Lipinski definition) is 2. The maximum absolute atomic E-state index is 12.1. The highest BCUT2D eigenvalue weighted by atomic mass is 19.3. The van der Waals surface area contributed by atoms with E-state index in [1.165, 1.54) is 6.07 Å². The Morgan fingerprint density at radius 2 is 2.12 bits per heavy atom.